The van der Waals surface area contributed by atoms with Gasteiger partial charge < -0.3 is 0 Å². The summed E-state index contributed by atoms with van der Waals surface area (Å²) in [7, 11) is 0. The Bertz CT molecular complexity index is 373. The molecule has 1 atom stereocenters. The van der Waals surface area contributed by atoms with E-state index in [9.17, 15) is 4.79 Å². The molecule has 0 aromatic carbocycles. The van der Waals surface area contributed by atoms with Gasteiger partial charge in [0.05, 0.1) is 10.8 Å². The van der Waals surface area contributed by atoms with Crippen LogP contribution in [0.1, 0.15) is 34.1 Å². The third-order valence-corrected chi connectivity index (χ3v) is 3.41. The zero-order valence-corrected chi connectivity index (χ0v) is 10.3. The molecule has 1 fully saturated rings. The van der Waals surface area contributed by atoms with Crippen molar-refractivity contribution in [1.29, 1.82) is 0 Å². The van der Waals surface area contributed by atoms with Crippen LogP contribution in [0.2, 0.25) is 0 Å². The van der Waals surface area contributed by atoms with Crippen LogP contribution >= 0.6 is 11.8 Å². The number of carbonyl (C=O) groups excluding carboxylic acids is 1. The Hall–Kier alpha value is -0.840. The van der Waals surface area contributed by atoms with Crippen LogP contribution < -0.4 is 0 Å². The number of fused-ring (bicyclic) bond motifs is 1. The van der Waals surface area contributed by atoms with Crippen molar-refractivity contribution in [2.75, 3.05) is 0 Å². The number of hydrazone groups is 1. The summed E-state index contributed by atoms with van der Waals surface area (Å²) in [6, 6.07) is 0. The van der Waals surface area contributed by atoms with E-state index < -0.39 is 0 Å². The van der Waals surface area contributed by atoms with E-state index in [4.69, 9.17) is 0 Å². The SMILES string of the molecule is CC1=NN2C(=O)C(C)SC2=NC(C)(C)C1. The van der Waals surface area contributed by atoms with Crippen molar-refractivity contribution < 1.29 is 4.79 Å². The summed E-state index contributed by atoms with van der Waals surface area (Å²) in [6.45, 7) is 7.97. The van der Waals surface area contributed by atoms with Crippen LogP contribution in [-0.2, 0) is 4.79 Å². The van der Waals surface area contributed by atoms with E-state index in [-0.39, 0.29) is 16.7 Å². The standard InChI is InChI=1S/C10H15N3OS/c1-6-5-10(3,4)11-9-13(12-6)8(14)7(2)15-9/h7H,5H2,1-4H3. The average Bonchev–Trinajstić information content (AvgIpc) is 2.29. The van der Waals surface area contributed by atoms with E-state index in [1.165, 1.54) is 16.8 Å². The Labute approximate surface area is 93.8 Å². The number of amides is 1. The number of hydrogen-bond acceptors (Lipinski definition) is 4. The maximum atomic E-state index is 11.8. The second-order valence-corrected chi connectivity index (χ2v) is 5.94. The monoisotopic (exact) mass is 225 g/mol. The highest BCUT2D eigenvalue weighted by Gasteiger charge is 2.38. The summed E-state index contributed by atoms with van der Waals surface area (Å²) in [5.41, 5.74) is 0.802. The van der Waals surface area contributed by atoms with E-state index in [1.54, 1.807) is 0 Å². The molecular formula is C10H15N3OS. The fourth-order valence-corrected chi connectivity index (χ4v) is 2.87. The summed E-state index contributed by atoms with van der Waals surface area (Å²) in [4.78, 5) is 16.4. The van der Waals surface area contributed by atoms with Crippen molar-refractivity contribution in [3.8, 4) is 0 Å². The highest BCUT2D eigenvalue weighted by Crippen LogP contribution is 2.32. The number of rotatable bonds is 0. The van der Waals surface area contributed by atoms with Crippen molar-refractivity contribution in [2.45, 2.75) is 44.9 Å². The Balaban J connectivity index is 2.43. The fraction of sp³-hybridized carbons (Fsp3) is 0.700. The maximum Gasteiger partial charge on any atom is 0.262 e. The van der Waals surface area contributed by atoms with Crippen LogP contribution in [0.15, 0.2) is 10.1 Å². The second-order valence-electron chi connectivity index (χ2n) is 4.63. The second kappa shape index (κ2) is 3.33. The normalized spacial score (nSPS) is 29.5. The van der Waals surface area contributed by atoms with Gasteiger partial charge in [0.1, 0.15) is 0 Å². The molecule has 2 rings (SSSR count). The number of carbonyl (C=O) groups is 1. The Kier molecular flexibility index (Phi) is 2.37. The fourth-order valence-electron chi connectivity index (χ4n) is 1.82. The molecule has 0 radical (unpaired) electrons. The Morgan fingerprint density at radius 3 is 2.87 bits per heavy atom. The first-order chi connectivity index (χ1) is 6.89. The van der Waals surface area contributed by atoms with E-state index >= 15 is 0 Å². The van der Waals surface area contributed by atoms with Gasteiger partial charge in [-0.25, -0.2) is 0 Å². The summed E-state index contributed by atoms with van der Waals surface area (Å²) < 4.78 is 0. The Morgan fingerprint density at radius 2 is 2.20 bits per heavy atom. The molecule has 0 aromatic rings. The minimum absolute atomic E-state index is 0.0378. The minimum Gasteiger partial charge on any atom is -0.271 e. The van der Waals surface area contributed by atoms with E-state index in [0.717, 1.165) is 17.3 Å². The van der Waals surface area contributed by atoms with Gasteiger partial charge >= 0.3 is 0 Å². The van der Waals surface area contributed by atoms with Crippen LogP contribution in [-0.4, -0.2) is 32.6 Å². The van der Waals surface area contributed by atoms with E-state index in [1.807, 2.05) is 13.8 Å². The molecule has 4 nitrogen and oxygen atoms in total. The quantitative estimate of drug-likeness (QED) is 0.631. The van der Waals surface area contributed by atoms with Crippen molar-refractivity contribution in [1.82, 2.24) is 5.01 Å². The molecule has 1 unspecified atom stereocenters. The topological polar surface area (TPSA) is 45.0 Å². The molecule has 15 heavy (non-hydrogen) atoms. The van der Waals surface area contributed by atoms with Crippen molar-refractivity contribution >= 4 is 28.5 Å². The van der Waals surface area contributed by atoms with Crippen LogP contribution in [0.3, 0.4) is 0 Å². The number of aliphatic imine (C=N–C) groups is 1. The molecule has 0 saturated carbocycles. The third kappa shape index (κ3) is 1.93. The van der Waals surface area contributed by atoms with Gasteiger partial charge in [0.15, 0.2) is 5.17 Å². The largest absolute Gasteiger partial charge is 0.271 e. The van der Waals surface area contributed by atoms with Gasteiger partial charge in [-0.2, -0.15) is 10.1 Å². The number of thioether (sulfide) groups is 1. The average molecular weight is 225 g/mol. The number of amidine groups is 1. The lowest BCUT2D eigenvalue weighted by atomic mass is 9.99. The molecule has 2 heterocycles. The van der Waals surface area contributed by atoms with Crippen LogP contribution in [0.5, 0.6) is 0 Å². The molecule has 0 spiro atoms. The molecule has 1 amide bonds. The molecule has 2 aliphatic rings. The van der Waals surface area contributed by atoms with Crippen LogP contribution in [0.25, 0.3) is 0 Å². The zero-order chi connectivity index (χ0) is 11.2. The molecule has 2 aliphatic heterocycles. The highest BCUT2D eigenvalue weighted by molar-refractivity contribution is 8.15. The summed E-state index contributed by atoms with van der Waals surface area (Å²) in [5, 5.41) is 6.46. The molecule has 1 saturated heterocycles. The van der Waals surface area contributed by atoms with Crippen molar-refractivity contribution in [2.24, 2.45) is 10.1 Å². The first-order valence-electron chi connectivity index (χ1n) is 5.04. The van der Waals surface area contributed by atoms with Crippen molar-refractivity contribution in [3.05, 3.63) is 0 Å². The predicted molar refractivity (Wildman–Crippen MR) is 63.1 cm³/mol. The van der Waals surface area contributed by atoms with Gasteiger partial charge in [-0.05, 0) is 27.7 Å². The summed E-state index contributed by atoms with van der Waals surface area (Å²) in [5.74, 6) is 0.0378. The predicted octanol–water partition coefficient (Wildman–Crippen LogP) is 1.86. The first kappa shape index (κ1) is 10.7. The van der Waals surface area contributed by atoms with Crippen molar-refractivity contribution in [3.63, 3.8) is 0 Å². The van der Waals surface area contributed by atoms with Crippen LogP contribution in [0.4, 0.5) is 0 Å². The lowest BCUT2D eigenvalue weighted by Crippen LogP contribution is -2.26. The summed E-state index contributed by atoms with van der Waals surface area (Å²) >= 11 is 1.49. The summed E-state index contributed by atoms with van der Waals surface area (Å²) in [6.07, 6.45) is 0.801. The molecule has 82 valence electrons. The van der Waals surface area contributed by atoms with Gasteiger partial charge in [-0.15, -0.1) is 0 Å². The van der Waals surface area contributed by atoms with Gasteiger partial charge in [-0.3, -0.25) is 9.79 Å². The molecule has 0 aliphatic carbocycles. The molecule has 0 bridgehead atoms. The lowest BCUT2D eigenvalue weighted by molar-refractivity contribution is -0.125. The Morgan fingerprint density at radius 1 is 1.53 bits per heavy atom. The lowest BCUT2D eigenvalue weighted by Gasteiger charge is -2.17. The van der Waals surface area contributed by atoms with E-state index in [2.05, 4.69) is 23.9 Å². The molecule has 5 heteroatoms. The number of nitrogens with zero attached hydrogens (tertiary/aromatic N) is 3. The highest BCUT2D eigenvalue weighted by atomic mass is 32.2. The first-order valence-corrected chi connectivity index (χ1v) is 5.91. The maximum absolute atomic E-state index is 11.8. The van der Waals surface area contributed by atoms with Gasteiger partial charge in [0, 0.05) is 12.1 Å². The van der Waals surface area contributed by atoms with E-state index in [0.29, 0.717) is 0 Å². The number of hydrogen-bond donors (Lipinski definition) is 0. The molecule has 0 N–H and O–H groups in total. The van der Waals surface area contributed by atoms with Crippen LogP contribution in [0, 0.1) is 0 Å². The van der Waals surface area contributed by atoms with Gasteiger partial charge in [0.25, 0.3) is 5.91 Å². The van der Waals surface area contributed by atoms with Gasteiger partial charge in [0.2, 0.25) is 0 Å². The molecular weight excluding hydrogens is 210 g/mol. The molecule has 0 aromatic heterocycles. The smallest absolute Gasteiger partial charge is 0.262 e. The van der Waals surface area contributed by atoms with Gasteiger partial charge in [-0.1, -0.05) is 11.8 Å². The minimum atomic E-state index is -0.158. The zero-order valence-electron chi connectivity index (χ0n) is 9.44. The third-order valence-electron chi connectivity index (χ3n) is 2.38.